The molecular formula is C16H13FN2O4. The number of rotatable bonds is 6. The van der Waals surface area contributed by atoms with Gasteiger partial charge in [-0.15, -0.1) is 0 Å². The number of amides is 1. The Kier molecular flexibility index (Phi) is 5.40. The van der Waals surface area contributed by atoms with E-state index in [-0.39, 0.29) is 11.3 Å². The Morgan fingerprint density at radius 1 is 1.17 bits per heavy atom. The number of ether oxygens (including phenoxy) is 1. The summed E-state index contributed by atoms with van der Waals surface area (Å²) in [4.78, 5) is 22.6. The van der Waals surface area contributed by atoms with Crippen LogP contribution in [0.5, 0.6) is 5.75 Å². The highest BCUT2D eigenvalue weighted by Crippen LogP contribution is 2.14. The average molecular weight is 316 g/mol. The summed E-state index contributed by atoms with van der Waals surface area (Å²) < 4.78 is 18.3. The van der Waals surface area contributed by atoms with Crippen molar-refractivity contribution in [2.24, 2.45) is 5.10 Å². The van der Waals surface area contributed by atoms with Crippen molar-refractivity contribution in [1.82, 2.24) is 5.43 Å². The number of hydrogen-bond acceptors (Lipinski definition) is 4. The summed E-state index contributed by atoms with van der Waals surface area (Å²) >= 11 is 0. The largest absolute Gasteiger partial charge is 0.481 e. The Labute approximate surface area is 131 Å². The summed E-state index contributed by atoms with van der Waals surface area (Å²) in [5, 5.41) is 12.7. The molecule has 23 heavy (non-hydrogen) atoms. The van der Waals surface area contributed by atoms with E-state index in [1.807, 2.05) is 0 Å². The number of benzene rings is 2. The lowest BCUT2D eigenvalue weighted by Crippen LogP contribution is -2.24. The minimum Gasteiger partial charge on any atom is -0.481 e. The summed E-state index contributed by atoms with van der Waals surface area (Å²) in [5.41, 5.74) is 2.58. The van der Waals surface area contributed by atoms with Crippen molar-refractivity contribution in [2.75, 3.05) is 6.61 Å². The van der Waals surface area contributed by atoms with E-state index < -0.39 is 24.3 Å². The van der Waals surface area contributed by atoms with Gasteiger partial charge in [-0.2, -0.15) is 5.10 Å². The van der Waals surface area contributed by atoms with Gasteiger partial charge in [0.25, 0.3) is 5.91 Å². The van der Waals surface area contributed by atoms with Crippen LogP contribution in [-0.2, 0) is 4.79 Å². The smallest absolute Gasteiger partial charge is 0.336 e. The predicted molar refractivity (Wildman–Crippen MR) is 81.0 cm³/mol. The lowest BCUT2D eigenvalue weighted by Gasteiger charge is -2.05. The van der Waals surface area contributed by atoms with Gasteiger partial charge in [0.1, 0.15) is 0 Å². The molecule has 0 aliphatic heterocycles. The molecule has 0 atom stereocenters. The highest BCUT2D eigenvalue weighted by atomic mass is 19.1. The third kappa shape index (κ3) is 4.63. The van der Waals surface area contributed by atoms with Crippen molar-refractivity contribution in [3.63, 3.8) is 0 Å². The van der Waals surface area contributed by atoms with E-state index in [2.05, 4.69) is 10.5 Å². The van der Waals surface area contributed by atoms with E-state index in [0.717, 1.165) is 0 Å². The van der Waals surface area contributed by atoms with E-state index in [1.165, 1.54) is 30.5 Å². The molecule has 0 aliphatic carbocycles. The standard InChI is InChI=1S/C16H13FN2O4/c17-13-7-3-4-8-14(13)23-10-15(20)19-18-9-11-5-1-2-6-12(11)16(21)22/h1-9H,10H2,(H,19,20)(H,21,22)/b18-9-. The minimum absolute atomic E-state index is 0.0390. The van der Waals surface area contributed by atoms with Crippen molar-refractivity contribution in [1.29, 1.82) is 0 Å². The number of carboxylic acid groups (broad SMARTS) is 1. The Hall–Kier alpha value is -3.22. The van der Waals surface area contributed by atoms with Gasteiger partial charge in [-0.05, 0) is 18.2 Å². The normalized spacial score (nSPS) is 10.5. The first-order valence-corrected chi connectivity index (χ1v) is 6.59. The SMILES string of the molecule is O=C(COc1ccccc1F)N/N=C\c1ccccc1C(=O)O. The average Bonchev–Trinajstić information content (AvgIpc) is 2.54. The number of nitrogens with zero attached hydrogens (tertiary/aromatic N) is 1. The zero-order valence-electron chi connectivity index (χ0n) is 11.9. The number of carbonyl (C=O) groups excluding carboxylic acids is 1. The van der Waals surface area contributed by atoms with Crippen LogP contribution in [0.4, 0.5) is 4.39 Å². The number of aromatic carboxylic acids is 1. The van der Waals surface area contributed by atoms with Crippen LogP contribution < -0.4 is 10.2 Å². The van der Waals surface area contributed by atoms with E-state index in [0.29, 0.717) is 5.56 Å². The van der Waals surface area contributed by atoms with E-state index in [1.54, 1.807) is 24.3 Å². The second-order valence-corrected chi connectivity index (χ2v) is 4.40. The molecule has 6 nitrogen and oxygen atoms in total. The monoisotopic (exact) mass is 316 g/mol. The topological polar surface area (TPSA) is 88.0 Å². The molecule has 118 valence electrons. The van der Waals surface area contributed by atoms with Crippen LogP contribution in [0.15, 0.2) is 53.6 Å². The third-order valence-corrected chi connectivity index (χ3v) is 2.78. The second kappa shape index (κ2) is 7.69. The lowest BCUT2D eigenvalue weighted by molar-refractivity contribution is -0.123. The maximum atomic E-state index is 13.3. The highest BCUT2D eigenvalue weighted by Gasteiger charge is 2.07. The number of hydrogen-bond donors (Lipinski definition) is 2. The van der Waals surface area contributed by atoms with E-state index in [9.17, 15) is 14.0 Å². The molecule has 0 heterocycles. The molecule has 0 unspecified atom stereocenters. The zero-order chi connectivity index (χ0) is 16.7. The lowest BCUT2D eigenvalue weighted by atomic mass is 10.1. The number of para-hydroxylation sites is 1. The van der Waals surface area contributed by atoms with Crippen LogP contribution in [-0.4, -0.2) is 29.8 Å². The van der Waals surface area contributed by atoms with Gasteiger partial charge < -0.3 is 9.84 Å². The molecule has 0 saturated carbocycles. The fourth-order valence-electron chi connectivity index (χ4n) is 1.72. The Bertz CT molecular complexity index is 746. The molecule has 7 heteroatoms. The van der Waals surface area contributed by atoms with Crippen LogP contribution >= 0.6 is 0 Å². The number of hydrazone groups is 1. The predicted octanol–water partition coefficient (Wildman–Crippen LogP) is 2.05. The summed E-state index contributed by atoms with van der Waals surface area (Å²) in [6, 6.07) is 11.9. The van der Waals surface area contributed by atoms with Crippen LogP contribution in [0.3, 0.4) is 0 Å². The molecule has 0 radical (unpaired) electrons. The van der Waals surface area contributed by atoms with Crippen LogP contribution in [0.1, 0.15) is 15.9 Å². The first kappa shape index (κ1) is 16.2. The third-order valence-electron chi connectivity index (χ3n) is 2.78. The van der Waals surface area contributed by atoms with Crippen molar-refractivity contribution in [3.05, 3.63) is 65.5 Å². The summed E-state index contributed by atoms with van der Waals surface area (Å²) in [6.45, 7) is -0.418. The van der Waals surface area contributed by atoms with Gasteiger partial charge in [0.05, 0.1) is 11.8 Å². The molecule has 0 bridgehead atoms. The van der Waals surface area contributed by atoms with Gasteiger partial charge in [-0.3, -0.25) is 4.79 Å². The van der Waals surface area contributed by atoms with Gasteiger partial charge in [0.2, 0.25) is 0 Å². The molecule has 2 aromatic rings. The Balaban J connectivity index is 1.90. The quantitative estimate of drug-likeness (QED) is 0.630. The Morgan fingerprint density at radius 3 is 2.61 bits per heavy atom. The summed E-state index contributed by atoms with van der Waals surface area (Å²) in [5.74, 6) is -2.30. The molecule has 2 aromatic carbocycles. The maximum Gasteiger partial charge on any atom is 0.336 e. The fourth-order valence-corrected chi connectivity index (χ4v) is 1.72. The first-order chi connectivity index (χ1) is 11.1. The molecule has 2 N–H and O–H groups in total. The van der Waals surface area contributed by atoms with Crippen LogP contribution in [0.2, 0.25) is 0 Å². The van der Waals surface area contributed by atoms with Crippen molar-refractivity contribution in [3.8, 4) is 5.75 Å². The second-order valence-electron chi connectivity index (χ2n) is 4.40. The minimum atomic E-state index is -1.10. The molecule has 0 aromatic heterocycles. The number of carboxylic acids is 1. The van der Waals surface area contributed by atoms with Gasteiger partial charge in [0, 0.05) is 5.56 Å². The first-order valence-electron chi connectivity index (χ1n) is 6.59. The number of halogens is 1. The van der Waals surface area contributed by atoms with Gasteiger partial charge in [-0.25, -0.2) is 14.6 Å². The zero-order valence-corrected chi connectivity index (χ0v) is 11.9. The highest BCUT2D eigenvalue weighted by molar-refractivity contribution is 5.98. The molecule has 2 rings (SSSR count). The van der Waals surface area contributed by atoms with Crippen molar-refractivity contribution >= 4 is 18.1 Å². The maximum absolute atomic E-state index is 13.3. The molecule has 0 saturated heterocycles. The van der Waals surface area contributed by atoms with Crippen LogP contribution in [0, 0.1) is 5.82 Å². The molecule has 0 fully saturated rings. The molecular weight excluding hydrogens is 303 g/mol. The summed E-state index contributed by atoms with van der Waals surface area (Å²) in [6.07, 6.45) is 1.21. The van der Waals surface area contributed by atoms with Gasteiger partial charge >= 0.3 is 5.97 Å². The molecule has 0 aliphatic rings. The Morgan fingerprint density at radius 2 is 1.87 bits per heavy atom. The van der Waals surface area contributed by atoms with Gasteiger partial charge in [0.15, 0.2) is 18.2 Å². The summed E-state index contributed by atoms with van der Waals surface area (Å²) in [7, 11) is 0. The number of carbonyl (C=O) groups is 2. The fraction of sp³-hybridized carbons (Fsp3) is 0.0625. The van der Waals surface area contributed by atoms with Crippen LogP contribution in [0.25, 0.3) is 0 Å². The molecule has 1 amide bonds. The van der Waals surface area contributed by atoms with Gasteiger partial charge in [-0.1, -0.05) is 30.3 Å². The molecule has 0 spiro atoms. The van der Waals surface area contributed by atoms with Crippen molar-refractivity contribution < 1.29 is 23.8 Å². The number of nitrogens with one attached hydrogen (secondary N) is 1. The van der Waals surface area contributed by atoms with E-state index >= 15 is 0 Å². The van der Waals surface area contributed by atoms with Crippen molar-refractivity contribution in [2.45, 2.75) is 0 Å². The van der Waals surface area contributed by atoms with E-state index in [4.69, 9.17) is 9.84 Å².